The second kappa shape index (κ2) is 6.86. The maximum atomic E-state index is 11.6. The summed E-state index contributed by atoms with van der Waals surface area (Å²) >= 11 is 0. The predicted octanol–water partition coefficient (Wildman–Crippen LogP) is 2.24. The smallest absolute Gasteiger partial charge is 0.327 e. The Morgan fingerprint density at radius 3 is 2.59 bits per heavy atom. The van der Waals surface area contributed by atoms with Crippen molar-refractivity contribution in [3.63, 3.8) is 0 Å². The highest BCUT2D eigenvalue weighted by atomic mass is 16.5. The number of esters is 1. The molecule has 3 nitrogen and oxygen atoms in total. The highest BCUT2D eigenvalue weighted by Gasteiger charge is 2.22. The molecular weight excluding hydrogens is 214 g/mol. The molecule has 1 aromatic rings. The average Bonchev–Trinajstić information content (AvgIpc) is 2.39. The molecule has 1 aromatic carbocycles. The molecule has 0 aliphatic rings. The summed E-state index contributed by atoms with van der Waals surface area (Å²) in [6, 6.07) is 9.66. The fourth-order valence-electron chi connectivity index (χ4n) is 1.74. The van der Waals surface area contributed by atoms with Crippen LogP contribution in [0.4, 0.5) is 0 Å². The first kappa shape index (κ1) is 13.5. The van der Waals surface area contributed by atoms with Gasteiger partial charge < -0.3 is 4.74 Å². The molecular formula is C14H19NO2. The van der Waals surface area contributed by atoms with Gasteiger partial charge in [0, 0.05) is 6.54 Å². The Morgan fingerprint density at radius 1 is 1.47 bits per heavy atom. The molecule has 0 fully saturated rings. The molecule has 0 radical (unpaired) electrons. The van der Waals surface area contributed by atoms with Crippen LogP contribution in [0, 0.1) is 0 Å². The third kappa shape index (κ3) is 3.71. The lowest BCUT2D eigenvalue weighted by Crippen LogP contribution is -2.39. The van der Waals surface area contributed by atoms with Gasteiger partial charge >= 0.3 is 5.97 Å². The molecule has 0 saturated heterocycles. The van der Waals surface area contributed by atoms with Crippen LogP contribution in [0.15, 0.2) is 43.0 Å². The molecule has 0 heterocycles. The van der Waals surface area contributed by atoms with E-state index in [1.54, 1.807) is 6.08 Å². The zero-order valence-electron chi connectivity index (χ0n) is 10.4. The molecule has 0 saturated carbocycles. The minimum absolute atomic E-state index is 0.266. The van der Waals surface area contributed by atoms with Gasteiger partial charge in [0.25, 0.3) is 0 Å². The van der Waals surface area contributed by atoms with Gasteiger partial charge in [0.05, 0.1) is 7.11 Å². The number of ether oxygens (including phenoxy) is 1. The minimum atomic E-state index is -0.384. The largest absolute Gasteiger partial charge is 0.468 e. The van der Waals surface area contributed by atoms with Crippen molar-refractivity contribution < 1.29 is 9.53 Å². The van der Waals surface area contributed by atoms with E-state index in [4.69, 9.17) is 4.74 Å². The van der Waals surface area contributed by atoms with Crippen LogP contribution in [0.1, 0.15) is 12.5 Å². The number of nitrogens with zero attached hydrogens (tertiary/aromatic N) is 1. The minimum Gasteiger partial charge on any atom is -0.468 e. The maximum absolute atomic E-state index is 11.6. The lowest BCUT2D eigenvalue weighted by Gasteiger charge is -2.26. The number of hydrogen-bond acceptors (Lipinski definition) is 3. The highest BCUT2D eigenvalue weighted by Crippen LogP contribution is 2.10. The molecule has 3 heteroatoms. The summed E-state index contributed by atoms with van der Waals surface area (Å²) in [6.07, 6.45) is 1.62. The molecule has 0 N–H and O–H groups in total. The molecule has 1 unspecified atom stereocenters. The summed E-state index contributed by atoms with van der Waals surface area (Å²) in [5.74, 6) is -0.266. The first-order chi connectivity index (χ1) is 8.22. The van der Waals surface area contributed by atoms with E-state index in [2.05, 4.69) is 6.58 Å². The number of carbonyl (C=O) groups excluding carboxylic acids is 1. The zero-order valence-corrected chi connectivity index (χ0v) is 10.4. The van der Waals surface area contributed by atoms with Gasteiger partial charge in [0.2, 0.25) is 0 Å². The van der Waals surface area contributed by atoms with Crippen molar-refractivity contribution in [2.45, 2.75) is 19.5 Å². The molecule has 0 bridgehead atoms. The van der Waals surface area contributed by atoms with Gasteiger partial charge in [-0.3, -0.25) is 9.69 Å². The van der Waals surface area contributed by atoms with Crippen LogP contribution in [0.2, 0.25) is 0 Å². The second-order valence-electron chi connectivity index (χ2n) is 3.75. The predicted molar refractivity (Wildman–Crippen MR) is 68.5 cm³/mol. The van der Waals surface area contributed by atoms with Crippen LogP contribution < -0.4 is 0 Å². The lowest BCUT2D eigenvalue weighted by atomic mass is 10.1. The van der Waals surface area contributed by atoms with Crippen molar-refractivity contribution in [1.82, 2.24) is 4.90 Å². The van der Waals surface area contributed by atoms with Crippen LogP contribution in [0.3, 0.4) is 0 Å². The number of hydrogen-bond donors (Lipinski definition) is 0. The molecule has 1 rings (SSSR count). The Morgan fingerprint density at radius 2 is 2.12 bits per heavy atom. The van der Waals surface area contributed by atoms with E-state index in [0.29, 0.717) is 6.54 Å². The Bertz CT molecular complexity index is 362. The number of carbonyl (C=O) groups is 1. The van der Waals surface area contributed by atoms with E-state index in [1.165, 1.54) is 12.7 Å². The van der Waals surface area contributed by atoms with E-state index < -0.39 is 0 Å². The van der Waals surface area contributed by atoms with Crippen molar-refractivity contribution in [3.8, 4) is 0 Å². The van der Waals surface area contributed by atoms with Crippen molar-refractivity contribution in [1.29, 1.82) is 0 Å². The number of rotatable bonds is 6. The molecule has 0 aromatic heterocycles. The van der Waals surface area contributed by atoms with Crippen LogP contribution in [0.5, 0.6) is 0 Å². The van der Waals surface area contributed by atoms with Gasteiger partial charge in [0.1, 0.15) is 6.04 Å². The van der Waals surface area contributed by atoms with Gasteiger partial charge in [-0.2, -0.15) is 0 Å². The van der Waals surface area contributed by atoms with Crippen molar-refractivity contribution >= 4 is 5.97 Å². The Balaban J connectivity index is 2.76. The quantitative estimate of drug-likeness (QED) is 0.557. The molecule has 0 spiro atoms. The Hall–Kier alpha value is -1.61. The third-order valence-corrected chi connectivity index (χ3v) is 2.69. The summed E-state index contributed by atoms with van der Waals surface area (Å²) in [5, 5.41) is 0. The summed E-state index contributed by atoms with van der Waals surface area (Å²) in [4.78, 5) is 13.6. The van der Waals surface area contributed by atoms with Crippen molar-refractivity contribution in [2.24, 2.45) is 0 Å². The third-order valence-electron chi connectivity index (χ3n) is 2.69. The zero-order chi connectivity index (χ0) is 12.7. The van der Waals surface area contributed by atoms with Crippen molar-refractivity contribution in [3.05, 3.63) is 48.6 Å². The summed E-state index contributed by atoms with van der Waals surface area (Å²) in [6.45, 7) is 7.19. The number of benzene rings is 1. The van der Waals surface area contributed by atoms with Gasteiger partial charge in [-0.25, -0.2) is 0 Å². The number of methoxy groups -OCH3 is 1. The fourth-order valence-corrected chi connectivity index (χ4v) is 1.74. The van der Waals surface area contributed by atoms with Gasteiger partial charge in [-0.05, 0) is 12.1 Å². The molecule has 1 atom stereocenters. The molecule has 0 amide bonds. The summed E-state index contributed by atoms with van der Waals surface area (Å²) in [7, 11) is 1.40. The van der Waals surface area contributed by atoms with Crippen molar-refractivity contribution in [2.75, 3.05) is 13.7 Å². The SMILES string of the molecule is C=CC(C(=O)OC)N(CC)Cc1ccccc1. The molecule has 0 aliphatic carbocycles. The molecule has 92 valence electrons. The van der Waals surface area contributed by atoms with E-state index in [9.17, 15) is 4.79 Å². The summed E-state index contributed by atoms with van der Waals surface area (Å²) < 4.78 is 4.77. The highest BCUT2D eigenvalue weighted by molar-refractivity contribution is 5.77. The first-order valence-electron chi connectivity index (χ1n) is 5.71. The Labute approximate surface area is 103 Å². The summed E-state index contributed by atoms with van der Waals surface area (Å²) in [5.41, 5.74) is 1.17. The number of likely N-dealkylation sites (N-methyl/N-ethyl adjacent to an activating group) is 1. The standard InChI is InChI=1S/C14H19NO2/c1-4-13(14(16)17-3)15(5-2)11-12-9-7-6-8-10-12/h4,6-10,13H,1,5,11H2,2-3H3. The maximum Gasteiger partial charge on any atom is 0.327 e. The molecule has 17 heavy (non-hydrogen) atoms. The van der Waals surface area contributed by atoms with Crippen LogP contribution >= 0.6 is 0 Å². The van der Waals surface area contributed by atoms with Crippen LogP contribution in [-0.4, -0.2) is 30.6 Å². The van der Waals surface area contributed by atoms with Crippen LogP contribution in [0.25, 0.3) is 0 Å². The second-order valence-corrected chi connectivity index (χ2v) is 3.75. The van der Waals surface area contributed by atoms with Gasteiger partial charge in [0.15, 0.2) is 0 Å². The molecule has 0 aliphatic heterocycles. The lowest BCUT2D eigenvalue weighted by molar-refractivity contribution is -0.145. The van der Waals surface area contributed by atoms with Gasteiger partial charge in [-0.15, -0.1) is 6.58 Å². The topological polar surface area (TPSA) is 29.5 Å². The van der Waals surface area contributed by atoms with E-state index >= 15 is 0 Å². The fraction of sp³-hybridized carbons (Fsp3) is 0.357. The average molecular weight is 233 g/mol. The van der Waals surface area contributed by atoms with Crippen LogP contribution in [-0.2, 0) is 16.1 Å². The van der Waals surface area contributed by atoms with E-state index in [-0.39, 0.29) is 12.0 Å². The normalized spacial score (nSPS) is 12.2. The Kier molecular flexibility index (Phi) is 5.43. The van der Waals surface area contributed by atoms with Gasteiger partial charge in [-0.1, -0.05) is 43.3 Å². The monoisotopic (exact) mass is 233 g/mol. The first-order valence-corrected chi connectivity index (χ1v) is 5.71. The van der Waals surface area contributed by atoms with E-state index in [1.807, 2.05) is 42.2 Å². The van der Waals surface area contributed by atoms with E-state index in [0.717, 1.165) is 6.54 Å².